The van der Waals surface area contributed by atoms with Crippen LogP contribution in [0.3, 0.4) is 0 Å². The summed E-state index contributed by atoms with van der Waals surface area (Å²) in [7, 11) is 0. The largest absolute Gasteiger partial charge is 0.369 e. The number of hydrogen-bond donors (Lipinski definition) is 2. The molecular formula is C20H18N6S. The number of aromatic nitrogens is 2. The van der Waals surface area contributed by atoms with Crippen LogP contribution in [0.5, 0.6) is 0 Å². The van der Waals surface area contributed by atoms with Gasteiger partial charge in [-0.1, -0.05) is 24.1 Å². The zero-order valence-corrected chi connectivity index (χ0v) is 15.8. The molecule has 0 aliphatic rings. The number of hydrogen-bond acceptors (Lipinski definition) is 5. The summed E-state index contributed by atoms with van der Waals surface area (Å²) in [4.78, 5) is 9.78. The highest BCUT2D eigenvalue weighted by molar-refractivity contribution is 7.17. The van der Waals surface area contributed by atoms with Crippen molar-refractivity contribution in [2.24, 2.45) is 21.7 Å². The molecule has 0 spiro atoms. The lowest BCUT2D eigenvalue weighted by atomic mass is 10.1. The molecule has 3 aromatic rings. The summed E-state index contributed by atoms with van der Waals surface area (Å²) in [5.41, 5.74) is 14.9. The molecule has 0 saturated heterocycles. The fraction of sp³-hybridized carbons (Fsp3) is 0.100. The molecule has 0 bridgehead atoms. The maximum Gasteiger partial charge on any atom is 0.211 e. The molecule has 4 N–H and O–H groups in total. The highest BCUT2D eigenvalue weighted by Gasteiger charge is 2.12. The quantitative estimate of drug-likeness (QED) is 0.318. The van der Waals surface area contributed by atoms with Crippen molar-refractivity contribution in [3.05, 3.63) is 70.5 Å². The van der Waals surface area contributed by atoms with Gasteiger partial charge in [0, 0.05) is 17.3 Å². The lowest BCUT2D eigenvalue weighted by molar-refractivity contribution is 1.19. The summed E-state index contributed by atoms with van der Waals surface area (Å²) >= 11 is 1.55. The lowest BCUT2D eigenvalue weighted by Gasteiger charge is -1.96. The zero-order valence-electron chi connectivity index (χ0n) is 15.0. The van der Waals surface area contributed by atoms with Gasteiger partial charge in [-0.25, -0.2) is 9.97 Å². The molecule has 0 aliphatic heterocycles. The molecule has 0 amide bonds. The van der Waals surface area contributed by atoms with Crippen LogP contribution in [-0.2, 0) is 0 Å². The third kappa shape index (κ3) is 4.77. The van der Waals surface area contributed by atoms with E-state index in [0.717, 1.165) is 38.1 Å². The Morgan fingerprint density at radius 1 is 1.04 bits per heavy atom. The topological polar surface area (TPSA) is 103 Å². The van der Waals surface area contributed by atoms with Gasteiger partial charge in [0.05, 0.1) is 16.3 Å². The SMILES string of the molecule is C/C(=N\N=C(N)N)c1sc(-c2ccc(C#Cc3ccccn3)cc2)nc1C. The van der Waals surface area contributed by atoms with Crippen molar-refractivity contribution in [2.75, 3.05) is 0 Å². The van der Waals surface area contributed by atoms with E-state index in [1.54, 1.807) is 17.5 Å². The van der Waals surface area contributed by atoms with Crippen LogP contribution >= 0.6 is 11.3 Å². The maximum absolute atomic E-state index is 5.32. The molecule has 7 heteroatoms. The van der Waals surface area contributed by atoms with Gasteiger partial charge in [-0.3, -0.25) is 0 Å². The fourth-order valence-electron chi connectivity index (χ4n) is 2.30. The Kier molecular flexibility index (Phi) is 5.59. The second-order valence-electron chi connectivity index (χ2n) is 5.69. The number of guanidine groups is 1. The highest BCUT2D eigenvalue weighted by atomic mass is 32.1. The molecule has 0 saturated carbocycles. The van der Waals surface area contributed by atoms with Crippen molar-refractivity contribution in [1.29, 1.82) is 0 Å². The highest BCUT2D eigenvalue weighted by Crippen LogP contribution is 2.28. The first-order valence-corrected chi connectivity index (χ1v) is 8.99. The standard InChI is InChI=1S/C20H18N6S/c1-13-18(14(2)25-26-20(21)22)27-19(24-13)16-9-6-15(7-10-16)8-11-17-5-3-4-12-23-17/h3-7,9-10,12H,1-2H3,(H4,21,22,26)/b25-14+. The molecule has 0 unspecified atom stereocenters. The van der Waals surface area contributed by atoms with E-state index in [0.29, 0.717) is 0 Å². The Morgan fingerprint density at radius 3 is 2.48 bits per heavy atom. The number of pyridine rings is 1. The number of nitrogens with two attached hydrogens (primary N) is 2. The summed E-state index contributed by atoms with van der Waals surface area (Å²) in [6.45, 7) is 3.80. The molecule has 0 atom stereocenters. The Morgan fingerprint density at radius 2 is 1.81 bits per heavy atom. The van der Waals surface area contributed by atoms with Gasteiger partial charge in [0.15, 0.2) is 0 Å². The average Bonchev–Trinajstić information content (AvgIpc) is 3.07. The smallest absolute Gasteiger partial charge is 0.211 e. The Labute approximate surface area is 161 Å². The number of aryl methyl sites for hydroxylation is 1. The van der Waals surface area contributed by atoms with Gasteiger partial charge in [0.2, 0.25) is 5.96 Å². The number of benzene rings is 1. The van der Waals surface area contributed by atoms with Gasteiger partial charge in [-0.05, 0) is 44.0 Å². The zero-order chi connectivity index (χ0) is 19.2. The molecule has 3 rings (SSSR count). The Balaban J connectivity index is 1.82. The van der Waals surface area contributed by atoms with Crippen LogP contribution in [0.1, 0.15) is 28.8 Å². The summed E-state index contributed by atoms with van der Waals surface area (Å²) in [5.74, 6) is 6.09. The summed E-state index contributed by atoms with van der Waals surface area (Å²) < 4.78 is 0. The molecule has 27 heavy (non-hydrogen) atoms. The monoisotopic (exact) mass is 374 g/mol. The normalized spacial score (nSPS) is 10.8. The molecule has 2 aromatic heterocycles. The molecule has 1 aromatic carbocycles. The average molecular weight is 374 g/mol. The minimum Gasteiger partial charge on any atom is -0.369 e. The van der Waals surface area contributed by atoms with E-state index >= 15 is 0 Å². The van der Waals surface area contributed by atoms with Crippen molar-refractivity contribution >= 4 is 23.0 Å². The number of rotatable bonds is 3. The number of thiazole rings is 1. The summed E-state index contributed by atoms with van der Waals surface area (Å²) in [5, 5.41) is 8.64. The summed E-state index contributed by atoms with van der Waals surface area (Å²) in [6.07, 6.45) is 1.73. The maximum atomic E-state index is 5.32. The van der Waals surface area contributed by atoms with E-state index in [-0.39, 0.29) is 5.96 Å². The second kappa shape index (κ2) is 8.25. The van der Waals surface area contributed by atoms with Crippen LogP contribution in [-0.4, -0.2) is 21.6 Å². The van der Waals surface area contributed by atoms with Crippen molar-refractivity contribution in [1.82, 2.24) is 9.97 Å². The predicted molar refractivity (Wildman–Crippen MR) is 111 cm³/mol. The van der Waals surface area contributed by atoms with E-state index in [4.69, 9.17) is 11.5 Å². The van der Waals surface area contributed by atoms with Crippen molar-refractivity contribution in [3.8, 4) is 22.4 Å². The van der Waals surface area contributed by atoms with Crippen LogP contribution in [0.25, 0.3) is 10.6 Å². The van der Waals surface area contributed by atoms with Crippen LogP contribution in [0.2, 0.25) is 0 Å². The molecule has 134 valence electrons. The van der Waals surface area contributed by atoms with E-state index in [1.807, 2.05) is 56.3 Å². The van der Waals surface area contributed by atoms with Gasteiger partial charge in [0.25, 0.3) is 0 Å². The van der Waals surface area contributed by atoms with Gasteiger partial charge >= 0.3 is 0 Å². The van der Waals surface area contributed by atoms with Gasteiger partial charge in [-0.15, -0.1) is 16.4 Å². The lowest BCUT2D eigenvalue weighted by Crippen LogP contribution is -2.22. The van der Waals surface area contributed by atoms with E-state index in [9.17, 15) is 0 Å². The van der Waals surface area contributed by atoms with Gasteiger partial charge < -0.3 is 11.5 Å². The molecule has 2 heterocycles. The van der Waals surface area contributed by atoms with E-state index < -0.39 is 0 Å². The fourth-order valence-corrected chi connectivity index (χ4v) is 3.31. The Bertz CT molecular complexity index is 1050. The third-order valence-electron chi connectivity index (χ3n) is 3.57. The second-order valence-corrected chi connectivity index (χ2v) is 6.69. The number of nitrogens with zero attached hydrogens (tertiary/aromatic N) is 4. The van der Waals surface area contributed by atoms with Crippen molar-refractivity contribution in [3.63, 3.8) is 0 Å². The molecule has 0 aliphatic carbocycles. The molecule has 6 nitrogen and oxygen atoms in total. The first-order valence-electron chi connectivity index (χ1n) is 8.17. The minimum atomic E-state index is -0.0702. The molecule has 0 radical (unpaired) electrons. The van der Waals surface area contributed by atoms with Crippen LogP contribution in [0.4, 0.5) is 0 Å². The van der Waals surface area contributed by atoms with E-state index in [2.05, 4.69) is 32.0 Å². The van der Waals surface area contributed by atoms with Gasteiger partial charge in [0.1, 0.15) is 10.7 Å². The summed E-state index contributed by atoms with van der Waals surface area (Å²) in [6, 6.07) is 13.6. The predicted octanol–water partition coefficient (Wildman–Crippen LogP) is 2.91. The van der Waals surface area contributed by atoms with Gasteiger partial charge in [-0.2, -0.15) is 5.10 Å². The van der Waals surface area contributed by atoms with Crippen LogP contribution < -0.4 is 11.5 Å². The Hall–Kier alpha value is -3.50. The minimum absolute atomic E-state index is 0.0702. The third-order valence-corrected chi connectivity index (χ3v) is 4.89. The van der Waals surface area contributed by atoms with Crippen LogP contribution in [0.15, 0.2) is 58.9 Å². The van der Waals surface area contributed by atoms with Crippen molar-refractivity contribution < 1.29 is 0 Å². The first-order chi connectivity index (χ1) is 13.0. The molecular weight excluding hydrogens is 356 g/mol. The van der Waals surface area contributed by atoms with E-state index in [1.165, 1.54) is 0 Å². The van der Waals surface area contributed by atoms with Crippen LogP contribution in [0, 0.1) is 18.8 Å². The molecule has 0 fully saturated rings. The first kappa shape index (κ1) is 18.3. The van der Waals surface area contributed by atoms with Crippen molar-refractivity contribution in [2.45, 2.75) is 13.8 Å².